The third-order valence-electron chi connectivity index (χ3n) is 6.68. The zero-order valence-corrected chi connectivity index (χ0v) is 24.2. The van der Waals surface area contributed by atoms with E-state index in [1.165, 1.54) is 17.2 Å². The monoisotopic (exact) mass is 542 g/mol. The van der Waals surface area contributed by atoms with E-state index in [-0.39, 0.29) is 29.6 Å². The number of hydrogen-bond donors (Lipinski definition) is 2. The van der Waals surface area contributed by atoms with Gasteiger partial charge in [0.2, 0.25) is 11.7 Å². The van der Waals surface area contributed by atoms with Crippen LogP contribution in [0.2, 0.25) is 0 Å². The van der Waals surface area contributed by atoms with Crippen LogP contribution >= 0.6 is 0 Å². The van der Waals surface area contributed by atoms with E-state index in [0.29, 0.717) is 23.1 Å². The molecule has 0 radical (unpaired) electrons. The molecule has 6 nitrogen and oxygen atoms in total. The molecule has 0 aliphatic heterocycles. The highest BCUT2D eigenvalue weighted by Crippen LogP contribution is 2.33. The van der Waals surface area contributed by atoms with Crippen LogP contribution < -0.4 is 15.6 Å². The fourth-order valence-electron chi connectivity index (χ4n) is 4.42. The molecule has 0 aliphatic carbocycles. The summed E-state index contributed by atoms with van der Waals surface area (Å²) >= 11 is 0. The zero-order valence-electron chi connectivity index (χ0n) is 24.2. The van der Waals surface area contributed by atoms with E-state index in [9.17, 15) is 14.7 Å². The maximum absolute atomic E-state index is 13.5. The van der Waals surface area contributed by atoms with E-state index in [2.05, 4.69) is 32.2 Å². The van der Waals surface area contributed by atoms with E-state index in [0.717, 1.165) is 44.1 Å². The summed E-state index contributed by atoms with van der Waals surface area (Å²) in [7, 11) is 0. The number of amides is 1. The predicted octanol–water partition coefficient (Wildman–Crippen LogP) is 8.01. The number of anilines is 1. The molecule has 0 spiro atoms. The first-order valence-electron chi connectivity index (χ1n) is 14.2. The smallest absolute Gasteiger partial charge is 0.297 e. The number of fused-ring (bicyclic) bond motifs is 1. The van der Waals surface area contributed by atoms with Gasteiger partial charge in [0.1, 0.15) is 6.61 Å². The number of aromatic nitrogens is 1. The lowest BCUT2D eigenvalue weighted by Gasteiger charge is -2.16. The number of nitrogens with one attached hydrogen (secondary N) is 1. The molecule has 0 bridgehead atoms. The summed E-state index contributed by atoms with van der Waals surface area (Å²) in [6, 6.07) is 14.8. The molecule has 0 saturated carbocycles. The molecule has 40 heavy (non-hydrogen) atoms. The van der Waals surface area contributed by atoms with Crippen LogP contribution in [0.4, 0.5) is 5.69 Å². The number of unbranched alkanes of at least 4 members (excludes halogenated alkanes) is 3. The predicted molar refractivity (Wildman–Crippen MR) is 166 cm³/mol. The first-order valence-corrected chi connectivity index (χ1v) is 14.2. The standard InChI is InChI=1S/C34H42N2O4/c1-5-6-7-11-22-36-30-24-28(35-31(37)20-17-27-15-9-8-10-16-27)18-19-29(30)32(38)33(34(36)39)40-23-21-26(4)14-12-13-25(2)3/h8-10,13,15-21,24,38H,5-7,11-12,14,22-23H2,1-4H3,(H,35,37)/b20-17+,26-21+. The third-order valence-corrected chi connectivity index (χ3v) is 6.68. The molecule has 3 rings (SSSR count). The van der Waals surface area contributed by atoms with E-state index in [4.69, 9.17) is 4.74 Å². The van der Waals surface area contributed by atoms with E-state index in [1.54, 1.807) is 28.8 Å². The highest BCUT2D eigenvalue weighted by molar-refractivity contribution is 6.03. The van der Waals surface area contributed by atoms with Gasteiger partial charge in [-0.1, -0.05) is 73.7 Å². The van der Waals surface area contributed by atoms with Crippen LogP contribution in [0.15, 0.2) is 82.7 Å². The van der Waals surface area contributed by atoms with Gasteiger partial charge in [0, 0.05) is 23.7 Å². The number of rotatable bonds is 14. The average molecular weight is 543 g/mol. The lowest BCUT2D eigenvalue weighted by atomic mass is 10.1. The van der Waals surface area contributed by atoms with Gasteiger partial charge in [-0.15, -0.1) is 0 Å². The van der Waals surface area contributed by atoms with Gasteiger partial charge in [0.25, 0.3) is 5.56 Å². The Morgan fingerprint density at radius 1 is 1.02 bits per heavy atom. The largest absolute Gasteiger partial charge is 0.504 e. The van der Waals surface area contributed by atoms with Gasteiger partial charge in [-0.25, -0.2) is 0 Å². The number of carbonyl (C=O) groups excluding carboxylic acids is 1. The summed E-state index contributed by atoms with van der Waals surface area (Å²) in [5.74, 6) is -0.503. The van der Waals surface area contributed by atoms with Gasteiger partial charge in [-0.2, -0.15) is 0 Å². The minimum Gasteiger partial charge on any atom is -0.504 e. The summed E-state index contributed by atoms with van der Waals surface area (Å²) in [4.78, 5) is 26.1. The van der Waals surface area contributed by atoms with Crippen LogP contribution in [-0.4, -0.2) is 22.2 Å². The molecule has 0 aliphatic rings. The first kappa shape index (κ1) is 30.5. The summed E-state index contributed by atoms with van der Waals surface area (Å²) in [5, 5.41) is 14.4. The Morgan fingerprint density at radius 3 is 2.52 bits per heavy atom. The molecule has 1 heterocycles. The van der Waals surface area contributed by atoms with Gasteiger partial charge < -0.3 is 19.7 Å². The minimum atomic E-state index is -0.371. The van der Waals surface area contributed by atoms with Crippen molar-refractivity contribution in [2.45, 2.75) is 72.8 Å². The molecule has 2 N–H and O–H groups in total. The van der Waals surface area contributed by atoms with E-state index < -0.39 is 0 Å². The molecule has 0 fully saturated rings. The Balaban J connectivity index is 1.86. The Kier molecular flexibility index (Phi) is 11.8. The van der Waals surface area contributed by atoms with Crippen molar-refractivity contribution in [1.82, 2.24) is 4.57 Å². The summed E-state index contributed by atoms with van der Waals surface area (Å²) in [6.07, 6.45) is 13.2. The Labute approximate surface area is 237 Å². The number of aromatic hydroxyl groups is 1. The lowest BCUT2D eigenvalue weighted by molar-refractivity contribution is -0.111. The van der Waals surface area contributed by atoms with Crippen LogP contribution in [0.25, 0.3) is 17.0 Å². The van der Waals surface area contributed by atoms with Crippen molar-refractivity contribution in [3.05, 3.63) is 93.8 Å². The topological polar surface area (TPSA) is 80.6 Å². The molecule has 3 aromatic rings. The number of allylic oxidation sites excluding steroid dienone is 3. The fourth-order valence-corrected chi connectivity index (χ4v) is 4.42. The third kappa shape index (κ3) is 9.01. The molecule has 0 atom stereocenters. The number of benzene rings is 2. The average Bonchev–Trinajstić information content (AvgIpc) is 2.93. The maximum atomic E-state index is 13.5. The molecule has 0 unspecified atom stereocenters. The van der Waals surface area contributed by atoms with Crippen molar-refractivity contribution >= 4 is 28.6 Å². The van der Waals surface area contributed by atoms with Crippen LogP contribution in [0.1, 0.15) is 71.8 Å². The molecule has 1 amide bonds. The molecule has 2 aromatic carbocycles. The molecule has 212 valence electrons. The Hall–Kier alpha value is -4.06. The van der Waals surface area contributed by atoms with Crippen molar-refractivity contribution in [1.29, 1.82) is 0 Å². The molecule has 0 saturated heterocycles. The number of aryl methyl sites for hydroxylation is 1. The SMILES string of the molecule is CCCCCCn1c(=O)c(OC/C=C(\C)CCC=C(C)C)c(O)c2ccc(NC(=O)/C=C/c3ccccc3)cc21. The maximum Gasteiger partial charge on any atom is 0.297 e. The van der Waals surface area contributed by atoms with Crippen molar-refractivity contribution in [2.75, 3.05) is 11.9 Å². The van der Waals surface area contributed by atoms with Crippen LogP contribution in [0.3, 0.4) is 0 Å². The van der Waals surface area contributed by atoms with Crippen molar-refractivity contribution in [2.24, 2.45) is 0 Å². The summed E-state index contributed by atoms with van der Waals surface area (Å²) in [5.41, 5.74) is 4.11. The second-order valence-electron chi connectivity index (χ2n) is 10.3. The number of pyridine rings is 1. The fraction of sp³-hybridized carbons (Fsp3) is 0.353. The first-order chi connectivity index (χ1) is 19.3. The lowest BCUT2D eigenvalue weighted by Crippen LogP contribution is -2.23. The van der Waals surface area contributed by atoms with E-state index in [1.807, 2.05) is 43.3 Å². The van der Waals surface area contributed by atoms with Crippen molar-refractivity contribution < 1.29 is 14.6 Å². The van der Waals surface area contributed by atoms with Crippen LogP contribution in [0, 0.1) is 0 Å². The quantitative estimate of drug-likeness (QED) is 0.123. The van der Waals surface area contributed by atoms with Crippen molar-refractivity contribution in [3.63, 3.8) is 0 Å². The van der Waals surface area contributed by atoms with Gasteiger partial charge in [0.15, 0.2) is 5.75 Å². The molecular weight excluding hydrogens is 500 g/mol. The summed E-state index contributed by atoms with van der Waals surface area (Å²) in [6.45, 7) is 9.04. The van der Waals surface area contributed by atoms with Crippen molar-refractivity contribution in [3.8, 4) is 11.5 Å². The zero-order chi connectivity index (χ0) is 28.9. The highest BCUT2D eigenvalue weighted by Gasteiger charge is 2.18. The van der Waals surface area contributed by atoms with E-state index >= 15 is 0 Å². The molecule has 6 heteroatoms. The molecular formula is C34H42N2O4. The van der Waals surface area contributed by atoms with Gasteiger partial charge in [-0.3, -0.25) is 9.59 Å². The number of nitrogens with zero attached hydrogens (tertiary/aromatic N) is 1. The highest BCUT2D eigenvalue weighted by atomic mass is 16.5. The Morgan fingerprint density at radius 2 is 1.80 bits per heavy atom. The van der Waals surface area contributed by atoms with Gasteiger partial charge in [-0.05, 0) is 75.9 Å². The number of carbonyl (C=O) groups is 1. The normalized spacial score (nSPS) is 11.7. The van der Waals surface area contributed by atoms with Crippen LogP contribution in [-0.2, 0) is 11.3 Å². The minimum absolute atomic E-state index is 0.0427. The molecule has 1 aromatic heterocycles. The van der Waals surface area contributed by atoms with Gasteiger partial charge >= 0.3 is 0 Å². The van der Waals surface area contributed by atoms with Crippen LogP contribution in [0.5, 0.6) is 11.5 Å². The number of ether oxygens (including phenoxy) is 1. The number of hydrogen-bond acceptors (Lipinski definition) is 4. The second-order valence-corrected chi connectivity index (χ2v) is 10.3. The summed E-state index contributed by atoms with van der Waals surface area (Å²) < 4.78 is 7.51. The second kappa shape index (κ2) is 15.5. The van der Waals surface area contributed by atoms with Gasteiger partial charge in [0.05, 0.1) is 5.52 Å². The Bertz CT molecular complexity index is 1430.